The molecule has 134 valence electrons. The number of aryl methyl sites for hydroxylation is 1. The molecular weight excluding hydrogens is 326 g/mol. The highest BCUT2D eigenvalue weighted by atomic mass is 16.5. The van der Waals surface area contributed by atoms with Crippen LogP contribution < -0.4 is 10.1 Å². The van der Waals surface area contributed by atoms with Gasteiger partial charge in [0.15, 0.2) is 0 Å². The lowest BCUT2D eigenvalue weighted by Gasteiger charge is -2.11. The number of hydrogen-bond donors (Lipinski definition) is 1. The molecule has 1 N–H and O–H groups in total. The fourth-order valence-electron chi connectivity index (χ4n) is 3.43. The van der Waals surface area contributed by atoms with Crippen LogP contribution in [0.15, 0.2) is 42.6 Å². The number of fused-ring (bicyclic) bond motifs is 1. The predicted octanol–water partition coefficient (Wildman–Crippen LogP) is 4.23. The molecule has 5 heteroatoms. The SMILES string of the molecule is CCOc1ccccc1-c1cc2cc(NC(=O)C3CC3C)ncc2n1C. The van der Waals surface area contributed by atoms with Gasteiger partial charge >= 0.3 is 0 Å². The first-order chi connectivity index (χ1) is 12.6. The van der Waals surface area contributed by atoms with Gasteiger partial charge in [0.2, 0.25) is 5.91 Å². The van der Waals surface area contributed by atoms with Crippen LogP contribution >= 0.6 is 0 Å². The lowest BCUT2D eigenvalue weighted by molar-refractivity contribution is -0.117. The van der Waals surface area contributed by atoms with Crippen LogP contribution in [0.5, 0.6) is 5.75 Å². The number of ether oxygens (including phenoxy) is 1. The molecule has 0 aliphatic heterocycles. The third kappa shape index (κ3) is 2.94. The second-order valence-electron chi connectivity index (χ2n) is 6.95. The maximum atomic E-state index is 12.2. The van der Waals surface area contributed by atoms with Gasteiger partial charge in [-0.05, 0) is 43.5 Å². The zero-order valence-electron chi connectivity index (χ0n) is 15.3. The zero-order valence-corrected chi connectivity index (χ0v) is 15.3. The fourth-order valence-corrected chi connectivity index (χ4v) is 3.43. The van der Waals surface area contributed by atoms with Crippen molar-refractivity contribution in [3.05, 3.63) is 42.6 Å². The zero-order chi connectivity index (χ0) is 18.3. The average Bonchev–Trinajstić information content (AvgIpc) is 3.28. The van der Waals surface area contributed by atoms with E-state index in [0.29, 0.717) is 18.3 Å². The first-order valence-electron chi connectivity index (χ1n) is 9.07. The molecule has 0 spiro atoms. The summed E-state index contributed by atoms with van der Waals surface area (Å²) in [5, 5.41) is 3.99. The summed E-state index contributed by atoms with van der Waals surface area (Å²) in [6, 6.07) is 12.1. The Labute approximate surface area is 153 Å². The van der Waals surface area contributed by atoms with Gasteiger partial charge in [0.1, 0.15) is 11.6 Å². The minimum absolute atomic E-state index is 0.0715. The molecule has 1 amide bonds. The molecule has 1 aromatic carbocycles. The number of rotatable bonds is 5. The summed E-state index contributed by atoms with van der Waals surface area (Å²) in [5.74, 6) is 2.16. The number of hydrogen-bond acceptors (Lipinski definition) is 3. The maximum absolute atomic E-state index is 12.2. The topological polar surface area (TPSA) is 56.1 Å². The monoisotopic (exact) mass is 349 g/mol. The summed E-state index contributed by atoms with van der Waals surface area (Å²) in [6.07, 6.45) is 2.78. The standard InChI is InChI=1S/C21H23N3O2/c1-4-26-19-8-6-5-7-15(19)17-10-14-11-20(22-12-18(14)24(17)3)23-21(25)16-9-13(16)2/h5-8,10-13,16H,4,9H2,1-3H3,(H,22,23,25). The summed E-state index contributed by atoms with van der Waals surface area (Å²) in [6.45, 7) is 4.70. The van der Waals surface area contributed by atoms with E-state index in [2.05, 4.69) is 33.9 Å². The minimum atomic E-state index is 0.0715. The number of carbonyl (C=O) groups is 1. The van der Waals surface area contributed by atoms with Crippen molar-refractivity contribution in [1.29, 1.82) is 0 Å². The highest BCUT2D eigenvalue weighted by Gasteiger charge is 2.39. The second-order valence-corrected chi connectivity index (χ2v) is 6.95. The molecule has 2 atom stereocenters. The van der Waals surface area contributed by atoms with Crippen LogP contribution in [0.2, 0.25) is 0 Å². The lowest BCUT2D eigenvalue weighted by Crippen LogP contribution is -2.15. The van der Waals surface area contributed by atoms with Crippen LogP contribution in [0.1, 0.15) is 20.3 Å². The molecule has 2 heterocycles. The third-order valence-electron chi connectivity index (χ3n) is 5.09. The molecule has 0 bridgehead atoms. The van der Waals surface area contributed by atoms with Crippen LogP contribution in [0, 0.1) is 11.8 Å². The lowest BCUT2D eigenvalue weighted by atomic mass is 10.1. The number of nitrogens with zero attached hydrogens (tertiary/aromatic N) is 2. The summed E-state index contributed by atoms with van der Waals surface area (Å²) in [5.41, 5.74) is 3.12. The van der Waals surface area contributed by atoms with E-state index in [9.17, 15) is 4.79 Å². The van der Waals surface area contributed by atoms with Crippen LogP contribution in [0.4, 0.5) is 5.82 Å². The Morgan fingerprint density at radius 1 is 1.35 bits per heavy atom. The molecular formula is C21H23N3O2. The highest BCUT2D eigenvalue weighted by Crippen LogP contribution is 2.38. The van der Waals surface area contributed by atoms with E-state index in [1.807, 2.05) is 44.4 Å². The van der Waals surface area contributed by atoms with Gasteiger partial charge < -0.3 is 14.6 Å². The van der Waals surface area contributed by atoms with E-state index >= 15 is 0 Å². The van der Waals surface area contributed by atoms with Crippen molar-refractivity contribution >= 4 is 22.6 Å². The largest absolute Gasteiger partial charge is 0.493 e. The van der Waals surface area contributed by atoms with E-state index in [1.54, 1.807) is 0 Å². The van der Waals surface area contributed by atoms with Gasteiger partial charge in [0.05, 0.1) is 24.0 Å². The molecule has 1 aliphatic carbocycles. The van der Waals surface area contributed by atoms with Gasteiger partial charge in [-0.15, -0.1) is 0 Å². The van der Waals surface area contributed by atoms with E-state index in [-0.39, 0.29) is 11.8 Å². The van der Waals surface area contributed by atoms with Crippen molar-refractivity contribution in [1.82, 2.24) is 9.55 Å². The number of nitrogens with one attached hydrogen (secondary N) is 1. The molecule has 3 aromatic rings. The Kier molecular flexibility index (Phi) is 4.15. The highest BCUT2D eigenvalue weighted by molar-refractivity contribution is 5.96. The normalized spacial score (nSPS) is 18.7. The third-order valence-corrected chi connectivity index (χ3v) is 5.09. The van der Waals surface area contributed by atoms with Gasteiger partial charge in [-0.2, -0.15) is 0 Å². The molecule has 2 unspecified atom stereocenters. The molecule has 4 rings (SSSR count). The quantitative estimate of drug-likeness (QED) is 0.750. The molecule has 26 heavy (non-hydrogen) atoms. The fraction of sp³-hybridized carbons (Fsp3) is 0.333. The number of pyridine rings is 1. The first-order valence-corrected chi connectivity index (χ1v) is 9.07. The summed E-state index contributed by atoms with van der Waals surface area (Å²) in [7, 11) is 2.02. The second kappa shape index (κ2) is 6.48. The Morgan fingerprint density at radius 2 is 2.12 bits per heavy atom. The Hall–Kier alpha value is -2.82. The van der Waals surface area contributed by atoms with Crippen LogP contribution in [0.25, 0.3) is 22.2 Å². The van der Waals surface area contributed by atoms with Crippen molar-refractivity contribution in [2.45, 2.75) is 20.3 Å². The first kappa shape index (κ1) is 16.6. The maximum Gasteiger partial charge on any atom is 0.228 e. The van der Waals surface area contributed by atoms with E-state index in [4.69, 9.17) is 4.74 Å². The number of carbonyl (C=O) groups excluding carboxylic acids is 1. The van der Waals surface area contributed by atoms with Crippen molar-refractivity contribution < 1.29 is 9.53 Å². The Morgan fingerprint density at radius 3 is 2.85 bits per heavy atom. The Balaban J connectivity index is 1.69. The van der Waals surface area contributed by atoms with Gasteiger partial charge in [0, 0.05) is 23.9 Å². The van der Waals surface area contributed by atoms with Gasteiger partial charge in [-0.3, -0.25) is 4.79 Å². The molecule has 1 aliphatic rings. The summed E-state index contributed by atoms with van der Waals surface area (Å²) < 4.78 is 7.88. The van der Waals surface area contributed by atoms with Crippen molar-refractivity contribution in [2.24, 2.45) is 18.9 Å². The number of aromatic nitrogens is 2. The molecule has 1 fully saturated rings. The summed E-state index contributed by atoms with van der Waals surface area (Å²) in [4.78, 5) is 16.6. The van der Waals surface area contributed by atoms with E-state index in [0.717, 1.165) is 34.3 Å². The van der Waals surface area contributed by atoms with Crippen LogP contribution in [-0.2, 0) is 11.8 Å². The molecule has 0 radical (unpaired) electrons. The smallest absolute Gasteiger partial charge is 0.228 e. The van der Waals surface area contributed by atoms with Gasteiger partial charge in [-0.1, -0.05) is 19.1 Å². The number of benzene rings is 1. The van der Waals surface area contributed by atoms with Crippen molar-refractivity contribution in [3.63, 3.8) is 0 Å². The van der Waals surface area contributed by atoms with E-state index in [1.165, 1.54) is 0 Å². The average molecular weight is 349 g/mol. The van der Waals surface area contributed by atoms with Crippen molar-refractivity contribution in [3.8, 4) is 17.0 Å². The van der Waals surface area contributed by atoms with E-state index < -0.39 is 0 Å². The van der Waals surface area contributed by atoms with Gasteiger partial charge in [-0.25, -0.2) is 4.98 Å². The van der Waals surface area contributed by atoms with Crippen LogP contribution in [0.3, 0.4) is 0 Å². The van der Waals surface area contributed by atoms with Gasteiger partial charge in [0.25, 0.3) is 0 Å². The molecule has 5 nitrogen and oxygen atoms in total. The molecule has 1 saturated carbocycles. The number of para-hydroxylation sites is 1. The summed E-state index contributed by atoms with van der Waals surface area (Å²) >= 11 is 0. The van der Waals surface area contributed by atoms with Crippen molar-refractivity contribution in [2.75, 3.05) is 11.9 Å². The predicted molar refractivity (Wildman–Crippen MR) is 103 cm³/mol. The minimum Gasteiger partial charge on any atom is -0.493 e. The number of amides is 1. The Bertz CT molecular complexity index is 977. The van der Waals surface area contributed by atoms with Crippen LogP contribution in [-0.4, -0.2) is 22.1 Å². The number of anilines is 1. The molecule has 0 saturated heterocycles. The molecule has 2 aromatic heterocycles.